The zero-order valence-corrected chi connectivity index (χ0v) is 10.7. The molecular formula is C14H12N4O2. The fourth-order valence-corrected chi connectivity index (χ4v) is 2.33. The molecule has 3 rings (SSSR count). The molecule has 2 aromatic rings. The molecule has 0 radical (unpaired) electrons. The van der Waals surface area contributed by atoms with Gasteiger partial charge in [-0.1, -0.05) is 12.1 Å². The molecule has 0 bridgehead atoms. The number of rotatable bonds is 1. The molecule has 0 saturated carbocycles. The standard InChI is InChI=1S/C14H12N4O2/c1-7-17-12-11(8-2-4-9(19)5-3-8)10(6-15)13(16)20-14(12)18-7/h2-5,11,19H,16H2,1H3,(H,17,18). The number of nitrogens with zero attached hydrogens (tertiary/aromatic N) is 2. The zero-order chi connectivity index (χ0) is 14.3. The Kier molecular flexibility index (Phi) is 2.61. The number of nitriles is 1. The number of phenolic OH excluding ortho intramolecular Hbond substituents is 1. The first-order valence-corrected chi connectivity index (χ1v) is 6.03. The van der Waals surface area contributed by atoms with Crippen LogP contribution in [0.5, 0.6) is 11.6 Å². The number of ether oxygens (including phenoxy) is 1. The zero-order valence-electron chi connectivity index (χ0n) is 10.7. The van der Waals surface area contributed by atoms with E-state index in [1.807, 2.05) is 0 Å². The van der Waals surface area contributed by atoms with Crippen molar-refractivity contribution in [3.63, 3.8) is 0 Å². The van der Waals surface area contributed by atoms with E-state index in [0.717, 1.165) is 5.56 Å². The molecule has 1 unspecified atom stereocenters. The minimum atomic E-state index is -0.370. The van der Waals surface area contributed by atoms with E-state index < -0.39 is 0 Å². The number of hydrogen-bond donors (Lipinski definition) is 3. The van der Waals surface area contributed by atoms with Crippen molar-refractivity contribution < 1.29 is 9.84 Å². The van der Waals surface area contributed by atoms with Gasteiger partial charge in [-0.3, -0.25) is 0 Å². The molecule has 1 atom stereocenters. The maximum absolute atomic E-state index is 9.38. The number of nitrogens with one attached hydrogen (secondary N) is 1. The molecule has 2 heterocycles. The number of H-pyrrole nitrogens is 1. The van der Waals surface area contributed by atoms with Crippen LogP contribution in [0, 0.1) is 18.3 Å². The fraction of sp³-hybridized carbons (Fsp3) is 0.143. The summed E-state index contributed by atoms with van der Waals surface area (Å²) in [5.74, 6) is 0.926. The number of benzene rings is 1. The maximum atomic E-state index is 9.38. The van der Waals surface area contributed by atoms with Crippen molar-refractivity contribution in [2.75, 3.05) is 0 Å². The topological polar surface area (TPSA) is 108 Å². The quantitative estimate of drug-likeness (QED) is 0.728. The highest BCUT2D eigenvalue weighted by atomic mass is 16.5. The van der Waals surface area contributed by atoms with Crippen LogP contribution in [0.25, 0.3) is 0 Å². The summed E-state index contributed by atoms with van der Waals surface area (Å²) >= 11 is 0. The van der Waals surface area contributed by atoms with Crippen LogP contribution >= 0.6 is 0 Å². The number of fused-ring (bicyclic) bond motifs is 1. The molecular weight excluding hydrogens is 256 g/mol. The number of aromatic nitrogens is 2. The number of aromatic hydroxyl groups is 1. The highest BCUT2D eigenvalue weighted by Crippen LogP contribution is 2.40. The maximum Gasteiger partial charge on any atom is 0.243 e. The van der Waals surface area contributed by atoms with E-state index in [4.69, 9.17) is 10.5 Å². The van der Waals surface area contributed by atoms with Gasteiger partial charge < -0.3 is 20.6 Å². The van der Waals surface area contributed by atoms with Crippen molar-refractivity contribution in [2.24, 2.45) is 5.73 Å². The number of hydrogen-bond acceptors (Lipinski definition) is 5. The molecule has 6 heteroatoms. The van der Waals surface area contributed by atoms with Crippen LogP contribution in [0.15, 0.2) is 35.7 Å². The Morgan fingerprint density at radius 1 is 1.40 bits per heavy atom. The molecule has 1 aliphatic heterocycles. The summed E-state index contributed by atoms with van der Waals surface area (Å²) in [6.07, 6.45) is 0. The molecule has 1 aliphatic rings. The highest BCUT2D eigenvalue weighted by Gasteiger charge is 2.33. The Morgan fingerprint density at radius 2 is 2.10 bits per heavy atom. The first-order chi connectivity index (χ1) is 9.60. The van der Waals surface area contributed by atoms with Crippen LogP contribution in [0.3, 0.4) is 0 Å². The number of aromatic amines is 1. The molecule has 20 heavy (non-hydrogen) atoms. The molecule has 0 saturated heterocycles. The normalized spacial score (nSPS) is 17.3. The minimum absolute atomic E-state index is 0.0598. The lowest BCUT2D eigenvalue weighted by Crippen LogP contribution is -2.21. The van der Waals surface area contributed by atoms with Gasteiger partial charge in [-0.25, -0.2) is 0 Å². The molecule has 100 valence electrons. The van der Waals surface area contributed by atoms with E-state index >= 15 is 0 Å². The number of imidazole rings is 1. The summed E-state index contributed by atoms with van der Waals surface area (Å²) in [5, 5.41) is 18.7. The van der Waals surface area contributed by atoms with Gasteiger partial charge >= 0.3 is 0 Å². The lowest BCUT2D eigenvalue weighted by Gasteiger charge is -2.22. The van der Waals surface area contributed by atoms with Crippen LogP contribution in [0.2, 0.25) is 0 Å². The second kappa shape index (κ2) is 4.31. The van der Waals surface area contributed by atoms with E-state index in [2.05, 4.69) is 16.0 Å². The SMILES string of the molecule is Cc1nc2c([nH]1)C(c1ccc(O)cc1)C(C#N)=C(N)O2. The summed E-state index contributed by atoms with van der Waals surface area (Å²) in [6, 6.07) is 8.71. The Balaban J connectivity index is 2.19. The van der Waals surface area contributed by atoms with E-state index in [0.29, 0.717) is 23.0 Å². The molecule has 0 spiro atoms. The van der Waals surface area contributed by atoms with Crippen LogP contribution in [-0.2, 0) is 0 Å². The summed E-state index contributed by atoms with van der Waals surface area (Å²) in [6.45, 7) is 1.80. The van der Waals surface area contributed by atoms with Crippen molar-refractivity contribution in [3.05, 3.63) is 52.8 Å². The molecule has 6 nitrogen and oxygen atoms in total. The molecule has 0 aliphatic carbocycles. The van der Waals surface area contributed by atoms with E-state index in [1.54, 1.807) is 31.2 Å². The smallest absolute Gasteiger partial charge is 0.243 e. The van der Waals surface area contributed by atoms with Gasteiger partial charge in [-0.2, -0.15) is 10.2 Å². The first kappa shape index (κ1) is 12.1. The summed E-state index contributed by atoms with van der Waals surface area (Å²) in [5.41, 5.74) is 7.65. The molecule has 4 N–H and O–H groups in total. The number of aryl methyl sites for hydroxylation is 1. The third-order valence-corrected chi connectivity index (χ3v) is 3.21. The van der Waals surface area contributed by atoms with Gasteiger partial charge in [-0.05, 0) is 24.6 Å². The van der Waals surface area contributed by atoms with Gasteiger partial charge in [0, 0.05) is 0 Å². The molecule has 1 aromatic heterocycles. The minimum Gasteiger partial charge on any atom is -0.508 e. The van der Waals surface area contributed by atoms with Crippen LogP contribution in [0.1, 0.15) is 23.0 Å². The average molecular weight is 268 g/mol. The predicted molar refractivity (Wildman–Crippen MR) is 70.7 cm³/mol. The third-order valence-electron chi connectivity index (χ3n) is 3.21. The third kappa shape index (κ3) is 1.77. The summed E-state index contributed by atoms with van der Waals surface area (Å²) in [7, 11) is 0. The van der Waals surface area contributed by atoms with Gasteiger partial charge in [-0.15, -0.1) is 0 Å². The van der Waals surface area contributed by atoms with Crippen LogP contribution in [-0.4, -0.2) is 15.1 Å². The molecule has 1 aromatic carbocycles. The van der Waals surface area contributed by atoms with Crippen molar-refractivity contribution >= 4 is 0 Å². The Labute approximate surface area is 115 Å². The average Bonchev–Trinajstić information content (AvgIpc) is 2.78. The van der Waals surface area contributed by atoms with Crippen molar-refractivity contribution in [1.29, 1.82) is 5.26 Å². The van der Waals surface area contributed by atoms with E-state index in [-0.39, 0.29) is 17.6 Å². The van der Waals surface area contributed by atoms with Crippen molar-refractivity contribution in [1.82, 2.24) is 9.97 Å². The Morgan fingerprint density at radius 3 is 2.75 bits per heavy atom. The molecule has 0 fully saturated rings. The van der Waals surface area contributed by atoms with Gasteiger partial charge in [0.2, 0.25) is 11.8 Å². The van der Waals surface area contributed by atoms with Gasteiger partial charge in [0.25, 0.3) is 0 Å². The summed E-state index contributed by atoms with van der Waals surface area (Å²) in [4.78, 5) is 7.32. The Bertz CT molecular complexity index is 738. The predicted octanol–water partition coefficient (Wildman–Crippen LogP) is 1.64. The second-order valence-corrected chi connectivity index (χ2v) is 4.56. The lowest BCUT2D eigenvalue weighted by molar-refractivity contribution is 0.379. The molecule has 0 amide bonds. The number of phenols is 1. The second-order valence-electron chi connectivity index (χ2n) is 4.56. The Hall–Kier alpha value is -2.94. The van der Waals surface area contributed by atoms with E-state index in [9.17, 15) is 10.4 Å². The number of nitrogens with two attached hydrogens (primary N) is 1. The highest BCUT2D eigenvalue weighted by molar-refractivity contribution is 5.51. The van der Waals surface area contributed by atoms with Crippen LogP contribution < -0.4 is 10.5 Å². The largest absolute Gasteiger partial charge is 0.508 e. The lowest BCUT2D eigenvalue weighted by atomic mass is 9.88. The first-order valence-electron chi connectivity index (χ1n) is 6.03. The summed E-state index contributed by atoms with van der Waals surface area (Å²) < 4.78 is 5.37. The van der Waals surface area contributed by atoms with Gasteiger partial charge in [0.05, 0.1) is 11.6 Å². The number of allylic oxidation sites excluding steroid dienone is 1. The van der Waals surface area contributed by atoms with Crippen molar-refractivity contribution in [3.8, 4) is 17.7 Å². The van der Waals surface area contributed by atoms with Gasteiger partial charge in [0.15, 0.2) is 0 Å². The van der Waals surface area contributed by atoms with Crippen molar-refractivity contribution in [2.45, 2.75) is 12.8 Å². The fourth-order valence-electron chi connectivity index (χ4n) is 2.33. The van der Waals surface area contributed by atoms with Crippen LogP contribution in [0.4, 0.5) is 0 Å². The van der Waals surface area contributed by atoms with Gasteiger partial charge in [0.1, 0.15) is 23.2 Å². The monoisotopic (exact) mass is 268 g/mol. The van der Waals surface area contributed by atoms with E-state index in [1.165, 1.54) is 0 Å².